The number of halogens is 1. The van der Waals surface area contributed by atoms with Crippen LogP contribution in [0.15, 0.2) is 65.1 Å². The second-order valence-electron chi connectivity index (χ2n) is 9.80. The van der Waals surface area contributed by atoms with Crippen LogP contribution in [0.25, 0.3) is 11.6 Å². The third-order valence-corrected chi connectivity index (χ3v) is 5.78. The van der Waals surface area contributed by atoms with Crippen molar-refractivity contribution < 1.29 is 14.0 Å². The number of anilines is 1. The Hall–Kier alpha value is -3.98. The molecular formula is C27H29ClN6O3. The first kappa shape index (κ1) is 26.1. The van der Waals surface area contributed by atoms with Gasteiger partial charge in [0.1, 0.15) is 18.3 Å². The van der Waals surface area contributed by atoms with Crippen molar-refractivity contribution in [1.29, 1.82) is 0 Å². The highest BCUT2D eigenvalue weighted by Crippen LogP contribution is 2.32. The summed E-state index contributed by atoms with van der Waals surface area (Å²) in [7, 11) is 0. The lowest BCUT2D eigenvalue weighted by Crippen LogP contribution is -2.50. The van der Waals surface area contributed by atoms with Crippen LogP contribution in [0.5, 0.6) is 0 Å². The molecule has 0 saturated carbocycles. The van der Waals surface area contributed by atoms with Gasteiger partial charge in [0.15, 0.2) is 5.76 Å². The molecule has 1 N–H and O–H groups in total. The van der Waals surface area contributed by atoms with Gasteiger partial charge in [0.25, 0.3) is 5.91 Å². The predicted molar refractivity (Wildman–Crippen MR) is 141 cm³/mol. The molecule has 0 unspecified atom stereocenters. The summed E-state index contributed by atoms with van der Waals surface area (Å²) in [6.45, 7) is 9.13. The fraction of sp³-hybridized carbons (Fsp3) is 0.296. The number of para-hydroxylation sites is 1. The zero-order chi connectivity index (χ0) is 26.7. The molecule has 1 atom stereocenters. The Morgan fingerprint density at radius 3 is 2.38 bits per heavy atom. The summed E-state index contributed by atoms with van der Waals surface area (Å²) in [5.41, 5.74) is 1.52. The second kappa shape index (κ2) is 10.6. The standard InChI is InChI=1S/C27H29ClN6O3/c1-17-8-6-7-9-21(17)34(23(35)16-33-31-25(30-32-33)22-15-10-18(2)37-22)24(26(36)29-27(3,4)5)19-11-13-20(28)14-12-19/h6-15,24H,16H2,1-5H3,(H,29,36)/t24-/m1/s1. The van der Waals surface area contributed by atoms with Crippen molar-refractivity contribution >= 4 is 29.1 Å². The van der Waals surface area contributed by atoms with Crippen LogP contribution in [0.1, 0.15) is 43.7 Å². The Balaban J connectivity index is 1.76. The maximum absolute atomic E-state index is 13.9. The van der Waals surface area contributed by atoms with Gasteiger partial charge >= 0.3 is 0 Å². The van der Waals surface area contributed by atoms with Crippen LogP contribution < -0.4 is 10.2 Å². The molecule has 4 aromatic rings. The quantitative estimate of drug-likeness (QED) is 0.372. The molecule has 4 rings (SSSR count). The van der Waals surface area contributed by atoms with E-state index in [4.69, 9.17) is 16.0 Å². The molecule has 2 aromatic heterocycles. The number of amides is 2. The van der Waals surface area contributed by atoms with Gasteiger partial charge in [-0.05, 0) is 81.3 Å². The first-order chi connectivity index (χ1) is 17.5. The molecule has 0 aliphatic rings. The fourth-order valence-electron chi connectivity index (χ4n) is 3.91. The first-order valence-electron chi connectivity index (χ1n) is 11.8. The summed E-state index contributed by atoms with van der Waals surface area (Å²) < 4.78 is 5.57. The van der Waals surface area contributed by atoms with Crippen LogP contribution in [0.2, 0.25) is 5.02 Å². The molecule has 2 heterocycles. The summed E-state index contributed by atoms with van der Waals surface area (Å²) in [6, 6.07) is 16.9. The van der Waals surface area contributed by atoms with E-state index in [0.717, 1.165) is 5.56 Å². The Labute approximate surface area is 220 Å². The average molecular weight is 521 g/mol. The number of hydrogen-bond donors (Lipinski definition) is 1. The molecule has 0 saturated heterocycles. The number of rotatable bonds is 7. The molecule has 0 aliphatic carbocycles. The van der Waals surface area contributed by atoms with Crippen molar-refractivity contribution in [3.8, 4) is 11.6 Å². The van der Waals surface area contributed by atoms with Crippen molar-refractivity contribution in [1.82, 2.24) is 25.5 Å². The lowest BCUT2D eigenvalue weighted by atomic mass is 10.00. The molecule has 0 radical (unpaired) electrons. The third-order valence-electron chi connectivity index (χ3n) is 5.52. The molecule has 192 valence electrons. The van der Waals surface area contributed by atoms with E-state index >= 15 is 0 Å². The van der Waals surface area contributed by atoms with Crippen molar-refractivity contribution in [2.24, 2.45) is 0 Å². The Morgan fingerprint density at radius 2 is 1.76 bits per heavy atom. The van der Waals surface area contributed by atoms with E-state index in [-0.39, 0.29) is 18.3 Å². The highest BCUT2D eigenvalue weighted by molar-refractivity contribution is 6.30. The van der Waals surface area contributed by atoms with Gasteiger partial charge in [0, 0.05) is 16.2 Å². The minimum atomic E-state index is -0.971. The Kier molecular flexibility index (Phi) is 7.45. The number of aryl methyl sites for hydroxylation is 2. The Bertz CT molecular complexity index is 1400. The molecule has 0 aliphatic heterocycles. The highest BCUT2D eigenvalue weighted by Gasteiger charge is 2.35. The summed E-state index contributed by atoms with van der Waals surface area (Å²) >= 11 is 6.13. The van der Waals surface area contributed by atoms with E-state index in [1.807, 2.05) is 58.9 Å². The van der Waals surface area contributed by atoms with E-state index < -0.39 is 17.5 Å². The molecule has 2 amide bonds. The number of carbonyl (C=O) groups excluding carboxylic acids is 2. The number of furan rings is 1. The SMILES string of the molecule is Cc1ccc(-c2nnn(CC(=O)N(c3ccccc3C)[C@@H](C(=O)NC(C)(C)C)c3ccc(Cl)cc3)n2)o1. The van der Waals surface area contributed by atoms with Crippen molar-refractivity contribution in [2.45, 2.75) is 52.7 Å². The number of aromatic nitrogens is 4. The maximum Gasteiger partial charge on any atom is 0.251 e. The molecule has 37 heavy (non-hydrogen) atoms. The van der Waals surface area contributed by atoms with Gasteiger partial charge in [-0.15, -0.1) is 10.2 Å². The normalized spacial score (nSPS) is 12.3. The van der Waals surface area contributed by atoms with Gasteiger partial charge in [0.05, 0.1) is 0 Å². The lowest BCUT2D eigenvalue weighted by Gasteiger charge is -2.34. The van der Waals surface area contributed by atoms with Crippen molar-refractivity contribution in [3.05, 3.63) is 82.6 Å². The van der Waals surface area contributed by atoms with E-state index in [1.165, 1.54) is 9.70 Å². The summed E-state index contributed by atoms with van der Waals surface area (Å²) in [6.07, 6.45) is 0. The second-order valence-corrected chi connectivity index (χ2v) is 10.2. The zero-order valence-electron chi connectivity index (χ0n) is 21.4. The molecule has 2 aromatic carbocycles. The number of hydrogen-bond acceptors (Lipinski definition) is 6. The van der Waals surface area contributed by atoms with Gasteiger partial charge in [0.2, 0.25) is 11.7 Å². The van der Waals surface area contributed by atoms with Gasteiger partial charge in [-0.3, -0.25) is 14.5 Å². The lowest BCUT2D eigenvalue weighted by molar-refractivity contribution is -0.128. The smallest absolute Gasteiger partial charge is 0.251 e. The minimum absolute atomic E-state index is 0.242. The zero-order valence-corrected chi connectivity index (χ0v) is 22.2. The summed E-state index contributed by atoms with van der Waals surface area (Å²) in [5.74, 6) is 0.713. The molecule has 0 spiro atoms. The predicted octanol–water partition coefficient (Wildman–Crippen LogP) is 4.89. The van der Waals surface area contributed by atoms with Crippen molar-refractivity contribution in [2.75, 3.05) is 4.90 Å². The minimum Gasteiger partial charge on any atom is -0.458 e. The number of benzene rings is 2. The highest BCUT2D eigenvalue weighted by atomic mass is 35.5. The number of nitrogens with one attached hydrogen (secondary N) is 1. The van der Waals surface area contributed by atoms with Gasteiger partial charge < -0.3 is 9.73 Å². The average Bonchev–Trinajstić information content (AvgIpc) is 3.46. The molecule has 0 bridgehead atoms. The molecular weight excluding hydrogens is 492 g/mol. The topological polar surface area (TPSA) is 106 Å². The molecule has 10 heteroatoms. The van der Waals surface area contributed by atoms with Crippen LogP contribution in [0.4, 0.5) is 5.69 Å². The summed E-state index contributed by atoms with van der Waals surface area (Å²) in [4.78, 5) is 30.3. The van der Waals surface area contributed by atoms with Gasteiger partial charge in [-0.25, -0.2) is 0 Å². The first-order valence-corrected chi connectivity index (χ1v) is 12.2. The van der Waals surface area contributed by atoms with Crippen LogP contribution in [-0.2, 0) is 16.1 Å². The number of nitrogens with zero attached hydrogens (tertiary/aromatic N) is 5. The molecule has 0 fully saturated rings. The summed E-state index contributed by atoms with van der Waals surface area (Å²) in [5, 5.41) is 15.9. The van der Waals surface area contributed by atoms with Crippen LogP contribution in [-0.4, -0.2) is 37.6 Å². The number of tetrazole rings is 1. The van der Waals surface area contributed by atoms with Crippen LogP contribution >= 0.6 is 11.6 Å². The number of carbonyl (C=O) groups is 2. The Morgan fingerprint density at radius 1 is 1.05 bits per heavy atom. The van der Waals surface area contributed by atoms with E-state index in [0.29, 0.717) is 27.8 Å². The van der Waals surface area contributed by atoms with E-state index in [9.17, 15) is 9.59 Å². The fourth-order valence-corrected chi connectivity index (χ4v) is 4.04. The van der Waals surface area contributed by atoms with Gasteiger partial charge in [-0.2, -0.15) is 4.80 Å². The maximum atomic E-state index is 13.9. The van der Waals surface area contributed by atoms with E-state index in [1.54, 1.807) is 36.4 Å². The van der Waals surface area contributed by atoms with Crippen LogP contribution in [0.3, 0.4) is 0 Å². The van der Waals surface area contributed by atoms with Crippen LogP contribution in [0, 0.1) is 13.8 Å². The van der Waals surface area contributed by atoms with Gasteiger partial charge in [-0.1, -0.05) is 41.9 Å². The van der Waals surface area contributed by atoms with Crippen molar-refractivity contribution in [3.63, 3.8) is 0 Å². The molecule has 9 nitrogen and oxygen atoms in total. The third kappa shape index (κ3) is 6.24. The van der Waals surface area contributed by atoms with E-state index in [2.05, 4.69) is 20.7 Å². The largest absolute Gasteiger partial charge is 0.458 e. The monoisotopic (exact) mass is 520 g/mol.